The zero-order chi connectivity index (χ0) is 11.8. The van der Waals surface area contributed by atoms with E-state index in [0.717, 1.165) is 24.2 Å². The van der Waals surface area contributed by atoms with Crippen LogP contribution in [0.2, 0.25) is 0 Å². The maximum absolute atomic E-state index is 11.6. The Balaban J connectivity index is 2.46. The highest BCUT2D eigenvalue weighted by Gasteiger charge is 2.06. The molecule has 0 aliphatic rings. The summed E-state index contributed by atoms with van der Waals surface area (Å²) in [6.07, 6.45) is 5.19. The van der Waals surface area contributed by atoms with Gasteiger partial charge in [-0.15, -0.1) is 11.8 Å². The lowest BCUT2D eigenvalue weighted by Crippen LogP contribution is -2.06. The van der Waals surface area contributed by atoms with Crippen molar-refractivity contribution < 1.29 is 9.53 Å². The van der Waals surface area contributed by atoms with Crippen LogP contribution in [0.25, 0.3) is 0 Å². The average molecular weight is 238 g/mol. The van der Waals surface area contributed by atoms with E-state index in [0.29, 0.717) is 12.2 Å². The number of unbranched alkanes of at least 4 members (excludes halogenated alkanes) is 2. The van der Waals surface area contributed by atoms with Gasteiger partial charge in [0.2, 0.25) is 0 Å². The average Bonchev–Trinajstić information content (AvgIpc) is 2.34. The Morgan fingerprint density at radius 3 is 2.88 bits per heavy atom. The molecule has 2 nitrogen and oxygen atoms in total. The summed E-state index contributed by atoms with van der Waals surface area (Å²) >= 11 is 1.62. The molecule has 0 N–H and O–H groups in total. The van der Waals surface area contributed by atoms with Gasteiger partial charge >= 0.3 is 5.97 Å². The van der Waals surface area contributed by atoms with E-state index in [9.17, 15) is 4.79 Å². The Labute approximate surface area is 101 Å². The Bertz CT molecular complexity index is 336. The molecule has 1 rings (SSSR count). The quantitative estimate of drug-likeness (QED) is 0.429. The predicted molar refractivity (Wildman–Crippen MR) is 68.0 cm³/mol. The minimum Gasteiger partial charge on any atom is -0.462 e. The van der Waals surface area contributed by atoms with Crippen molar-refractivity contribution in [2.45, 2.75) is 31.1 Å². The smallest absolute Gasteiger partial charge is 0.338 e. The van der Waals surface area contributed by atoms with Crippen LogP contribution in [0.5, 0.6) is 0 Å². The third-order valence-corrected chi connectivity index (χ3v) is 3.01. The van der Waals surface area contributed by atoms with Crippen LogP contribution in [-0.4, -0.2) is 18.8 Å². The van der Waals surface area contributed by atoms with Gasteiger partial charge in [0.25, 0.3) is 0 Å². The Morgan fingerprint density at radius 2 is 2.19 bits per heavy atom. The summed E-state index contributed by atoms with van der Waals surface area (Å²) in [4.78, 5) is 12.7. The molecule has 16 heavy (non-hydrogen) atoms. The van der Waals surface area contributed by atoms with E-state index in [1.54, 1.807) is 17.8 Å². The molecule has 0 atom stereocenters. The van der Waals surface area contributed by atoms with E-state index >= 15 is 0 Å². The zero-order valence-electron chi connectivity index (χ0n) is 9.86. The van der Waals surface area contributed by atoms with Crippen molar-refractivity contribution in [3.63, 3.8) is 0 Å². The maximum Gasteiger partial charge on any atom is 0.338 e. The van der Waals surface area contributed by atoms with Crippen molar-refractivity contribution in [1.29, 1.82) is 0 Å². The van der Waals surface area contributed by atoms with Gasteiger partial charge in [-0.25, -0.2) is 4.79 Å². The van der Waals surface area contributed by atoms with E-state index in [-0.39, 0.29) is 5.97 Å². The van der Waals surface area contributed by atoms with Crippen molar-refractivity contribution in [3.8, 4) is 0 Å². The molecule has 0 saturated carbocycles. The first-order chi connectivity index (χ1) is 7.77. The van der Waals surface area contributed by atoms with Gasteiger partial charge in [-0.05, 0) is 30.9 Å². The number of carbonyl (C=O) groups is 1. The van der Waals surface area contributed by atoms with Crippen LogP contribution in [0.1, 0.15) is 36.5 Å². The van der Waals surface area contributed by atoms with Crippen LogP contribution in [0.4, 0.5) is 0 Å². The van der Waals surface area contributed by atoms with Gasteiger partial charge in [0.15, 0.2) is 0 Å². The van der Waals surface area contributed by atoms with E-state index in [2.05, 4.69) is 6.92 Å². The van der Waals surface area contributed by atoms with Gasteiger partial charge in [0.1, 0.15) is 0 Å². The van der Waals surface area contributed by atoms with Crippen molar-refractivity contribution in [3.05, 3.63) is 29.8 Å². The Kier molecular flexibility index (Phi) is 6.01. The zero-order valence-corrected chi connectivity index (χ0v) is 10.7. The van der Waals surface area contributed by atoms with Crippen LogP contribution >= 0.6 is 11.8 Å². The SMILES string of the molecule is CCCCCOC(=O)c1cccc(SC)c1. The monoisotopic (exact) mass is 238 g/mol. The fourth-order valence-corrected chi connectivity index (χ4v) is 1.81. The number of benzene rings is 1. The minimum atomic E-state index is -0.216. The van der Waals surface area contributed by atoms with E-state index in [1.807, 2.05) is 24.5 Å². The third kappa shape index (κ3) is 4.27. The molecule has 0 radical (unpaired) electrons. The lowest BCUT2D eigenvalue weighted by Gasteiger charge is -2.05. The van der Waals surface area contributed by atoms with E-state index in [4.69, 9.17) is 4.74 Å². The van der Waals surface area contributed by atoms with Crippen LogP contribution in [0.15, 0.2) is 29.2 Å². The number of ether oxygens (including phenoxy) is 1. The van der Waals surface area contributed by atoms with Crippen molar-refractivity contribution >= 4 is 17.7 Å². The van der Waals surface area contributed by atoms with E-state index in [1.165, 1.54) is 0 Å². The normalized spacial score (nSPS) is 10.1. The third-order valence-electron chi connectivity index (χ3n) is 2.29. The second-order valence-corrected chi connectivity index (χ2v) is 4.45. The molecular formula is C13H18O2S. The number of thioether (sulfide) groups is 1. The number of esters is 1. The molecular weight excluding hydrogens is 220 g/mol. The Morgan fingerprint density at radius 1 is 1.38 bits per heavy atom. The lowest BCUT2D eigenvalue weighted by atomic mass is 10.2. The van der Waals surface area contributed by atoms with Crippen LogP contribution in [0, 0.1) is 0 Å². The first kappa shape index (κ1) is 13.1. The number of hydrogen-bond acceptors (Lipinski definition) is 3. The van der Waals surface area contributed by atoms with Crippen molar-refractivity contribution in [2.24, 2.45) is 0 Å². The number of carbonyl (C=O) groups excluding carboxylic acids is 1. The largest absolute Gasteiger partial charge is 0.462 e. The highest BCUT2D eigenvalue weighted by Crippen LogP contribution is 2.16. The fourth-order valence-electron chi connectivity index (χ4n) is 1.35. The maximum atomic E-state index is 11.6. The summed E-state index contributed by atoms with van der Waals surface area (Å²) in [6.45, 7) is 2.65. The molecule has 3 heteroatoms. The Hall–Kier alpha value is -0.960. The molecule has 0 aliphatic heterocycles. The molecule has 0 heterocycles. The van der Waals surface area contributed by atoms with Crippen molar-refractivity contribution in [1.82, 2.24) is 0 Å². The molecule has 0 aliphatic carbocycles. The highest BCUT2D eigenvalue weighted by molar-refractivity contribution is 7.98. The minimum absolute atomic E-state index is 0.216. The molecule has 1 aromatic rings. The molecule has 88 valence electrons. The molecule has 1 aromatic carbocycles. The highest BCUT2D eigenvalue weighted by atomic mass is 32.2. The first-order valence-corrected chi connectivity index (χ1v) is 6.81. The molecule has 0 spiro atoms. The summed E-state index contributed by atoms with van der Waals surface area (Å²) < 4.78 is 5.18. The summed E-state index contributed by atoms with van der Waals surface area (Å²) in [5.41, 5.74) is 0.642. The standard InChI is InChI=1S/C13H18O2S/c1-3-4-5-9-15-13(14)11-7-6-8-12(10-11)16-2/h6-8,10H,3-5,9H2,1-2H3. The van der Waals surface area contributed by atoms with Gasteiger partial charge in [-0.3, -0.25) is 0 Å². The van der Waals surface area contributed by atoms with Gasteiger partial charge < -0.3 is 4.74 Å². The molecule has 0 amide bonds. The second-order valence-electron chi connectivity index (χ2n) is 3.57. The molecule has 0 saturated heterocycles. The fraction of sp³-hybridized carbons (Fsp3) is 0.462. The number of hydrogen-bond donors (Lipinski definition) is 0. The van der Waals surface area contributed by atoms with Crippen molar-refractivity contribution in [2.75, 3.05) is 12.9 Å². The number of rotatable bonds is 6. The van der Waals surface area contributed by atoms with Gasteiger partial charge in [0.05, 0.1) is 12.2 Å². The molecule has 0 bridgehead atoms. The van der Waals surface area contributed by atoms with Gasteiger partial charge in [0, 0.05) is 4.90 Å². The molecule has 0 unspecified atom stereocenters. The van der Waals surface area contributed by atoms with Crippen LogP contribution in [0.3, 0.4) is 0 Å². The van der Waals surface area contributed by atoms with Crippen LogP contribution < -0.4 is 0 Å². The second kappa shape index (κ2) is 7.34. The molecule has 0 fully saturated rings. The van der Waals surface area contributed by atoms with E-state index < -0.39 is 0 Å². The summed E-state index contributed by atoms with van der Waals surface area (Å²) in [5.74, 6) is -0.216. The first-order valence-electron chi connectivity index (χ1n) is 5.59. The summed E-state index contributed by atoms with van der Waals surface area (Å²) in [7, 11) is 0. The predicted octanol–water partition coefficient (Wildman–Crippen LogP) is 3.76. The summed E-state index contributed by atoms with van der Waals surface area (Å²) in [6, 6.07) is 7.53. The summed E-state index contributed by atoms with van der Waals surface area (Å²) in [5, 5.41) is 0. The topological polar surface area (TPSA) is 26.3 Å². The van der Waals surface area contributed by atoms with Gasteiger partial charge in [-0.2, -0.15) is 0 Å². The molecule has 0 aromatic heterocycles. The van der Waals surface area contributed by atoms with Crippen LogP contribution in [-0.2, 0) is 4.74 Å². The lowest BCUT2D eigenvalue weighted by molar-refractivity contribution is 0.0498. The van der Waals surface area contributed by atoms with Gasteiger partial charge in [-0.1, -0.05) is 25.8 Å².